The fraction of sp³-hybridized carbons (Fsp3) is 0.0952. The third-order valence-corrected chi connectivity index (χ3v) is 5.09. The molecular formula is C21H15N3O3S. The normalized spacial score (nSPS) is 10.8. The van der Waals surface area contributed by atoms with E-state index in [2.05, 4.69) is 0 Å². The molecule has 0 spiro atoms. The molecule has 0 fully saturated rings. The average Bonchev–Trinajstić information content (AvgIpc) is 3.05. The van der Waals surface area contributed by atoms with Crippen LogP contribution >= 0.6 is 11.3 Å². The van der Waals surface area contributed by atoms with Crippen LogP contribution in [0.15, 0.2) is 53.3 Å². The van der Waals surface area contributed by atoms with Crippen molar-refractivity contribution in [1.29, 1.82) is 10.5 Å². The van der Waals surface area contributed by atoms with Gasteiger partial charge in [-0.2, -0.15) is 10.5 Å². The lowest BCUT2D eigenvalue weighted by atomic mass is 10.2. The van der Waals surface area contributed by atoms with Crippen molar-refractivity contribution >= 4 is 23.0 Å². The summed E-state index contributed by atoms with van der Waals surface area (Å²) in [5.41, 5.74) is 0.803. The van der Waals surface area contributed by atoms with Crippen molar-refractivity contribution in [1.82, 2.24) is 4.57 Å². The Hall–Kier alpha value is -3.81. The van der Waals surface area contributed by atoms with Crippen LogP contribution in [0.2, 0.25) is 0 Å². The fourth-order valence-electron chi connectivity index (χ4n) is 2.66. The highest BCUT2D eigenvalue weighted by Gasteiger charge is 2.14. The summed E-state index contributed by atoms with van der Waals surface area (Å²) in [6, 6.07) is 17.9. The summed E-state index contributed by atoms with van der Waals surface area (Å²) in [4.78, 5) is 13.2. The molecule has 6 nitrogen and oxygen atoms in total. The van der Waals surface area contributed by atoms with Gasteiger partial charge in [-0.15, -0.1) is 11.3 Å². The van der Waals surface area contributed by atoms with Gasteiger partial charge < -0.3 is 9.47 Å². The maximum atomic E-state index is 13.2. The molecule has 0 unspecified atom stereocenters. The first kappa shape index (κ1) is 19.0. The third-order valence-electron chi connectivity index (χ3n) is 4.00. The number of hydrogen-bond donors (Lipinski definition) is 0. The summed E-state index contributed by atoms with van der Waals surface area (Å²) in [5, 5.41) is 18.7. The third kappa shape index (κ3) is 3.52. The van der Waals surface area contributed by atoms with E-state index in [1.165, 1.54) is 11.7 Å². The molecule has 3 aromatic rings. The van der Waals surface area contributed by atoms with Gasteiger partial charge >= 0.3 is 0 Å². The minimum Gasteiger partial charge on any atom is -0.497 e. The number of ether oxygens (including phenoxy) is 2. The molecule has 2 aromatic carbocycles. The van der Waals surface area contributed by atoms with E-state index in [0.29, 0.717) is 21.7 Å². The number of para-hydroxylation sites is 2. The van der Waals surface area contributed by atoms with E-state index in [0.717, 1.165) is 16.9 Å². The lowest BCUT2D eigenvalue weighted by Gasteiger charge is -2.08. The molecule has 0 aliphatic carbocycles. The largest absolute Gasteiger partial charge is 0.497 e. The summed E-state index contributed by atoms with van der Waals surface area (Å²) in [6.07, 6.45) is 1.72. The van der Waals surface area contributed by atoms with E-state index < -0.39 is 0 Å². The molecule has 0 saturated heterocycles. The van der Waals surface area contributed by atoms with E-state index in [1.54, 1.807) is 49.6 Å². The number of aromatic nitrogens is 1. The topological polar surface area (TPSA) is 88.0 Å². The quantitative estimate of drug-likeness (QED) is 0.680. The molecule has 3 rings (SSSR count). The lowest BCUT2D eigenvalue weighted by Crippen LogP contribution is -2.31. The number of hydrogen-bond acceptors (Lipinski definition) is 6. The first-order valence-electron chi connectivity index (χ1n) is 8.18. The lowest BCUT2D eigenvalue weighted by molar-refractivity contribution is 0.412. The second-order valence-electron chi connectivity index (χ2n) is 5.60. The van der Waals surface area contributed by atoms with Crippen LogP contribution in [-0.4, -0.2) is 18.8 Å². The van der Waals surface area contributed by atoms with Gasteiger partial charge in [0, 0.05) is 0 Å². The second-order valence-corrected chi connectivity index (χ2v) is 6.63. The van der Waals surface area contributed by atoms with Crippen molar-refractivity contribution in [2.45, 2.75) is 0 Å². The zero-order chi connectivity index (χ0) is 20.1. The summed E-state index contributed by atoms with van der Waals surface area (Å²) < 4.78 is 12.5. The number of thiazole rings is 1. The van der Waals surface area contributed by atoms with Gasteiger partial charge in [0.15, 0.2) is 5.57 Å². The van der Waals surface area contributed by atoms with Crippen molar-refractivity contribution < 1.29 is 9.47 Å². The van der Waals surface area contributed by atoms with Crippen LogP contribution in [0.25, 0.3) is 17.3 Å². The summed E-state index contributed by atoms with van der Waals surface area (Å²) in [6.45, 7) is 0. The van der Waals surface area contributed by atoms with Crippen molar-refractivity contribution in [3.63, 3.8) is 0 Å². The highest BCUT2D eigenvalue weighted by Crippen LogP contribution is 2.19. The summed E-state index contributed by atoms with van der Waals surface area (Å²) in [5.74, 6) is 1.18. The Kier molecular flexibility index (Phi) is 5.59. The van der Waals surface area contributed by atoms with Gasteiger partial charge in [-0.3, -0.25) is 9.36 Å². The molecule has 0 atom stereocenters. The Morgan fingerprint density at radius 2 is 1.71 bits per heavy atom. The molecular weight excluding hydrogens is 374 g/mol. The average molecular weight is 389 g/mol. The Balaban J connectivity index is 2.36. The van der Waals surface area contributed by atoms with Crippen LogP contribution in [0.4, 0.5) is 0 Å². The van der Waals surface area contributed by atoms with Crippen LogP contribution < -0.4 is 24.2 Å². The van der Waals surface area contributed by atoms with Gasteiger partial charge in [0.2, 0.25) is 0 Å². The van der Waals surface area contributed by atoms with Crippen LogP contribution in [0.5, 0.6) is 11.5 Å². The van der Waals surface area contributed by atoms with Crippen molar-refractivity contribution in [2.24, 2.45) is 0 Å². The van der Waals surface area contributed by atoms with E-state index in [9.17, 15) is 15.3 Å². The van der Waals surface area contributed by atoms with Gasteiger partial charge in [-0.05, 0) is 35.9 Å². The molecule has 0 amide bonds. The molecule has 0 aliphatic heterocycles. The molecule has 0 N–H and O–H groups in total. The fourth-order valence-corrected chi connectivity index (χ4v) is 3.70. The zero-order valence-electron chi connectivity index (χ0n) is 15.2. The molecule has 1 aromatic heterocycles. The predicted molar refractivity (Wildman–Crippen MR) is 107 cm³/mol. The maximum absolute atomic E-state index is 13.2. The first-order valence-corrected chi connectivity index (χ1v) is 9.00. The minimum absolute atomic E-state index is 0.137. The standard InChI is InChI=1S/C21H15N3O3S/c1-26-16-9-7-14(8-10-16)11-19-20(25)24(21(28-19)15(12-22)13-23)17-5-3-4-6-18(17)27-2/h3-11H,1-2H3. The monoisotopic (exact) mass is 389 g/mol. The smallest absolute Gasteiger partial charge is 0.273 e. The van der Waals surface area contributed by atoms with Crippen LogP contribution in [0.3, 0.4) is 0 Å². The maximum Gasteiger partial charge on any atom is 0.273 e. The number of benzene rings is 2. The Morgan fingerprint density at radius 1 is 1.04 bits per heavy atom. The van der Waals surface area contributed by atoms with Gasteiger partial charge in [0.1, 0.15) is 28.3 Å². The molecule has 0 radical (unpaired) electrons. The number of nitrogens with zero attached hydrogens (tertiary/aromatic N) is 3. The first-order chi connectivity index (χ1) is 13.6. The second kappa shape index (κ2) is 8.26. The number of rotatable bonds is 4. The molecule has 138 valence electrons. The van der Waals surface area contributed by atoms with Gasteiger partial charge in [0.05, 0.1) is 24.4 Å². The molecule has 7 heteroatoms. The van der Waals surface area contributed by atoms with Gasteiger partial charge in [-0.1, -0.05) is 24.3 Å². The Morgan fingerprint density at radius 3 is 2.32 bits per heavy atom. The Labute approximate surface area is 165 Å². The van der Waals surface area contributed by atoms with Crippen LogP contribution in [-0.2, 0) is 0 Å². The number of methoxy groups -OCH3 is 2. The molecule has 0 saturated carbocycles. The molecule has 0 aliphatic rings. The van der Waals surface area contributed by atoms with Crippen LogP contribution in [0, 0.1) is 22.7 Å². The van der Waals surface area contributed by atoms with Crippen molar-refractivity contribution in [3.8, 4) is 29.3 Å². The summed E-state index contributed by atoms with van der Waals surface area (Å²) in [7, 11) is 3.08. The van der Waals surface area contributed by atoms with Crippen LogP contribution in [0.1, 0.15) is 5.56 Å². The molecule has 28 heavy (non-hydrogen) atoms. The summed E-state index contributed by atoms with van der Waals surface area (Å²) >= 11 is 1.09. The highest BCUT2D eigenvalue weighted by atomic mass is 32.1. The highest BCUT2D eigenvalue weighted by molar-refractivity contribution is 7.07. The number of nitriles is 2. The predicted octanol–water partition coefficient (Wildman–Crippen LogP) is 1.94. The van der Waals surface area contributed by atoms with E-state index >= 15 is 0 Å². The zero-order valence-corrected chi connectivity index (χ0v) is 16.0. The van der Waals surface area contributed by atoms with Crippen molar-refractivity contribution in [3.05, 3.63) is 73.6 Å². The van der Waals surface area contributed by atoms with E-state index in [1.807, 2.05) is 24.3 Å². The Bertz CT molecular complexity index is 1260. The van der Waals surface area contributed by atoms with E-state index in [-0.39, 0.29) is 15.8 Å². The molecule has 1 heterocycles. The minimum atomic E-state index is -0.330. The van der Waals surface area contributed by atoms with Gasteiger partial charge in [0.25, 0.3) is 5.56 Å². The molecule has 0 bridgehead atoms. The van der Waals surface area contributed by atoms with Crippen molar-refractivity contribution in [2.75, 3.05) is 14.2 Å². The SMILES string of the molecule is COc1ccc(C=c2sc(=C(C#N)C#N)n(-c3ccccc3OC)c2=O)cc1. The van der Waals surface area contributed by atoms with E-state index in [4.69, 9.17) is 9.47 Å². The van der Waals surface area contributed by atoms with Gasteiger partial charge in [-0.25, -0.2) is 0 Å².